The number of piperidine rings is 1. The maximum Gasteiger partial charge on any atom is 0.410 e. The van der Waals surface area contributed by atoms with Gasteiger partial charge in [0, 0.05) is 24.5 Å². The van der Waals surface area contributed by atoms with Gasteiger partial charge in [0.2, 0.25) is 0 Å². The van der Waals surface area contributed by atoms with Crippen LogP contribution in [0.1, 0.15) is 66.2 Å². The first-order valence-corrected chi connectivity index (χ1v) is 7.89. The Labute approximate surface area is 128 Å². The Morgan fingerprint density at radius 2 is 1.86 bits per heavy atom. The molecule has 0 radical (unpaired) electrons. The fourth-order valence-corrected chi connectivity index (χ4v) is 1.88. The molecule has 0 spiro atoms. The van der Waals surface area contributed by atoms with Crippen molar-refractivity contribution in [2.75, 3.05) is 19.6 Å². The summed E-state index contributed by atoms with van der Waals surface area (Å²) in [6.07, 6.45) is 6.67. The second-order valence-corrected chi connectivity index (χ2v) is 6.19. The first-order chi connectivity index (χ1) is 9.90. The highest BCUT2D eigenvalue weighted by atomic mass is 16.6. The van der Waals surface area contributed by atoms with Crippen LogP contribution in [0.3, 0.4) is 0 Å². The molecule has 122 valence electrons. The van der Waals surface area contributed by atoms with Gasteiger partial charge < -0.3 is 9.64 Å². The Hall–Kier alpha value is -1.42. The van der Waals surface area contributed by atoms with Crippen LogP contribution >= 0.6 is 0 Å². The maximum atomic E-state index is 11.5. The van der Waals surface area contributed by atoms with Crippen molar-refractivity contribution < 1.29 is 9.53 Å². The molecule has 6 nitrogen and oxygen atoms in total. The Bertz CT molecular complexity index is 327. The molecule has 0 aliphatic carbocycles. The van der Waals surface area contributed by atoms with Crippen molar-refractivity contribution in [1.29, 1.82) is 0 Å². The summed E-state index contributed by atoms with van der Waals surface area (Å²) < 4.78 is 5.26. The van der Waals surface area contributed by atoms with E-state index in [1.165, 1.54) is 19.3 Å². The van der Waals surface area contributed by atoms with Crippen LogP contribution in [-0.2, 0) is 4.74 Å². The molecule has 1 fully saturated rings. The van der Waals surface area contributed by atoms with Crippen LogP contribution in [0.5, 0.6) is 0 Å². The number of hydrogen-bond acceptors (Lipinski definition) is 3. The Kier molecular flexibility index (Phi) is 10.5. The summed E-state index contributed by atoms with van der Waals surface area (Å²) in [5.74, 6) is 0. The van der Waals surface area contributed by atoms with Gasteiger partial charge in [-0.1, -0.05) is 24.9 Å². The van der Waals surface area contributed by atoms with Crippen LogP contribution < -0.4 is 0 Å². The maximum absolute atomic E-state index is 11.5. The first kappa shape index (κ1) is 19.6. The topological polar surface area (TPSA) is 78.3 Å². The molecule has 0 aromatic carbocycles. The van der Waals surface area contributed by atoms with Gasteiger partial charge >= 0.3 is 6.09 Å². The molecule has 0 aromatic heterocycles. The summed E-state index contributed by atoms with van der Waals surface area (Å²) in [5, 5.41) is 3.39. The van der Waals surface area contributed by atoms with Gasteiger partial charge in [0.05, 0.1) is 0 Å². The van der Waals surface area contributed by atoms with Gasteiger partial charge in [-0.25, -0.2) is 4.79 Å². The summed E-state index contributed by atoms with van der Waals surface area (Å²) in [4.78, 5) is 16.0. The first-order valence-electron chi connectivity index (χ1n) is 7.89. The third-order valence-electron chi connectivity index (χ3n) is 2.93. The molecule has 1 saturated heterocycles. The lowest BCUT2D eigenvalue weighted by atomic mass is 10.1. The van der Waals surface area contributed by atoms with Gasteiger partial charge in [-0.05, 0) is 52.0 Å². The molecule has 21 heavy (non-hydrogen) atoms. The third-order valence-corrected chi connectivity index (χ3v) is 2.93. The molecule has 6 heteroatoms. The van der Waals surface area contributed by atoms with Gasteiger partial charge in [0.1, 0.15) is 5.60 Å². The number of carbonyl (C=O) groups excluding carboxylic acids is 1. The summed E-state index contributed by atoms with van der Waals surface area (Å²) in [5.41, 5.74) is 7.46. The number of ether oxygens (including phenoxy) is 1. The molecule has 0 bridgehead atoms. The zero-order valence-electron chi connectivity index (χ0n) is 14.0. The average molecular weight is 298 g/mol. The predicted octanol–water partition coefficient (Wildman–Crippen LogP) is 4.89. The van der Waals surface area contributed by atoms with E-state index in [0.29, 0.717) is 6.54 Å². The molecule has 0 N–H and O–H groups in total. The fraction of sp³-hybridized carbons (Fsp3) is 0.933. The Balaban J connectivity index is 0.000000433. The van der Waals surface area contributed by atoms with Crippen molar-refractivity contribution in [1.82, 2.24) is 4.90 Å². The van der Waals surface area contributed by atoms with E-state index < -0.39 is 0 Å². The highest BCUT2D eigenvalue weighted by Crippen LogP contribution is 2.14. The van der Waals surface area contributed by atoms with Crippen molar-refractivity contribution in [2.24, 2.45) is 5.11 Å². The lowest BCUT2D eigenvalue weighted by Crippen LogP contribution is -2.39. The number of unbranched alkanes of at least 4 members (excludes halogenated alkanes) is 2. The van der Waals surface area contributed by atoms with E-state index in [-0.39, 0.29) is 11.7 Å². The van der Waals surface area contributed by atoms with Crippen molar-refractivity contribution in [3.05, 3.63) is 10.4 Å². The van der Waals surface area contributed by atoms with Gasteiger partial charge in [-0.15, -0.1) is 0 Å². The van der Waals surface area contributed by atoms with Gasteiger partial charge in [0.25, 0.3) is 0 Å². The lowest BCUT2D eigenvalue weighted by Gasteiger charge is -2.29. The second-order valence-electron chi connectivity index (χ2n) is 6.19. The second kappa shape index (κ2) is 11.3. The number of rotatable bonds is 4. The van der Waals surface area contributed by atoms with Crippen LogP contribution in [0, 0.1) is 0 Å². The summed E-state index contributed by atoms with van der Waals surface area (Å²) in [6, 6.07) is 0. The highest BCUT2D eigenvalue weighted by molar-refractivity contribution is 5.68. The quantitative estimate of drug-likeness (QED) is 0.320. The summed E-state index contributed by atoms with van der Waals surface area (Å²) in [7, 11) is 0. The molecular formula is C15H30N4O2. The number of azide groups is 1. The molecular weight excluding hydrogens is 268 g/mol. The minimum absolute atomic E-state index is 0.160. The van der Waals surface area contributed by atoms with Crippen LogP contribution in [-0.4, -0.2) is 36.2 Å². The highest BCUT2D eigenvalue weighted by Gasteiger charge is 2.22. The molecule has 0 saturated carbocycles. The van der Waals surface area contributed by atoms with E-state index in [1.54, 1.807) is 4.90 Å². The van der Waals surface area contributed by atoms with Crippen molar-refractivity contribution >= 4 is 6.09 Å². The molecule has 0 atom stereocenters. The van der Waals surface area contributed by atoms with Crippen LogP contribution in [0.15, 0.2) is 5.11 Å². The van der Waals surface area contributed by atoms with Crippen LogP contribution in [0.25, 0.3) is 10.4 Å². The van der Waals surface area contributed by atoms with Crippen molar-refractivity contribution in [3.63, 3.8) is 0 Å². The van der Waals surface area contributed by atoms with Gasteiger partial charge in [-0.3, -0.25) is 0 Å². The van der Waals surface area contributed by atoms with Crippen LogP contribution in [0.4, 0.5) is 4.79 Å². The number of amides is 1. The number of likely N-dealkylation sites (tertiary alicyclic amines) is 1. The molecule has 0 aromatic rings. The van der Waals surface area contributed by atoms with Gasteiger partial charge in [0.15, 0.2) is 0 Å². The van der Waals surface area contributed by atoms with E-state index in [0.717, 1.165) is 32.4 Å². The van der Waals surface area contributed by atoms with Crippen molar-refractivity contribution in [3.8, 4) is 0 Å². The van der Waals surface area contributed by atoms with E-state index in [1.807, 2.05) is 20.8 Å². The van der Waals surface area contributed by atoms with Crippen molar-refractivity contribution in [2.45, 2.75) is 71.8 Å². The third kappa shape index (κ3) is 12.1. The number of hydrogen-bond donors (Lipinski definition) is 0. The normalized spacial score (nSPS) is 14.6. The van der Waals surface area contributed by atoms with E-state index in [2.05, 4.69) is 16.9 Å². The molecule has 1 aliphatic rings. The smallest absolute Gasteiger partial charge is 0.410 e. The molecule has 1 aliphatic heterocycles. The van der Waals surface area contributed by atoms with E-state index in [4.69, 9.17) is 10.3 Å². The van der Waals surface area contributed by atoms with Crippen LogP contribution in [0.2, 0.25) is 0 Å². The lowest BCUT2D eigenvalue weighted by molar-refractivity contribution is 0.0216. The SMILES string of the molecule is CC(C)(C)OC(=O)N1CCCCC1.CCCCCN=[N+]=[N-]. The standard InChI is InChI=1S/C10H19NO2.C5H11N3/c1-10(2,3)13-9(12)11-7-5-4-6-8-11;1-2-3-4-5-7-8-6/h4-8H2,1-3H3;2-5H2,1H3. The van der Waals surface area contributed by atoms with Gasteiger partial charge in [-0.2, -0.15) is 0 Å². The fourth-order valence-electron chi connectivity index (χ4n) is 1.88. The summed E-state index contributed by atoms with van der Waals surface area (Å²) in [6.45, 7) is 10.2. The monoisotopic (exact) mass is 298 g/mol. The number of carbonyl (C=O) groups is 1. The largest absolute Gasteiger partial charge is 0.444 e. The average Bonchev–Trinajstić information content (AvgIpc) is 2.44. The minimum Gasteiger partial charge on any atom is -0.444 e. The Morgan fingerprint density at radius 1 is 1.24 bits per heavy atom. The molecule has 1 amide bonds. The zero-order chi connectivity index (χ0) is 16.1. The summed E-state index contributed by atoms with van der Waals surface area (Å²) >= 11 is 0. The minimum atomic E-state index is -0.367. The van der Waals surface area contributed by atoms with E-state index >= 15 is 0 Å². The molecule has 0 unspecified atom stereocenters. The Morgan fingerprint density at radius 3 is 2.33 bits per heavy atom. The van der Waals surface area contributed by atoms with E-state index in [9.17, 15) is 4.79 Å². The predicted molar refractivity (Wildman–Crippen MR) is 85.2 cm³/mol. The molecule has 1 rings (SSSR count). The number of nitrogens with zero attached hydrogens (tertiary/aromatic N) is 4. The molecule has 1 heterocycles. The zero-order valence-corrected chi connectivity index (χ0v) is 14.0.